The van der Waals surface area contributed by atoms with Crippen LogP contribution in [0.3, 0.4) is 0 Å². The molecular weight excluding hydrogens is 310 g/mol. The van der Waals surface area contributed by atoms with Crippen molar-refractivity contribution in [2.24, 2.45) is 0 Å². The van der Waals surface area contributed by atoms with Crippen molar-refractivity contribution in [2.45, 2.75) is 19.8 Å². The SMILES string of the molecule is COC(=O)c1cccc(C(=CCN2CCCC2)c2ccc(C)cc2)c1. The number of nitrogens with zero attached hydrogens (tertiary/aromatic N) is 1. The fourth-order valence-corrected chi connectivity index (χ4v) is 3.25. The summed E-state index contributed by atoms with van der Waals surface area (Å²) in [4.78, 5) is 14.4. The van der Waals surface area contributed by atoms with Gasteiger partial charge >= 0.3 is 5.97 Å². The summed E-state index contributed by atoms with van der Waals surface area (Å²) in [5.74, 6) is -0.301. The van der Waals surface area contributed by atoms with E-state index in [-0.39, 0.29) is 5.97 Å². The van der Waals surface area contributed by atoms with E-state index in [4.69, 9.17) is 4.74 Å². The van der Waals surface area contributed by atoms with Crippen LogP contribution in [0.5, 0.6) is 0 Å². The first-order chi connectivity index (χ1) is 12.2. The van der Waals surface area contributed by atoms with Gasteiger partial charge in [0, 0.05) is 6.54 Å². The van der Waals surface area contributed by atoms with Gasteiger partial charge in [0.15, 0.2) is 0 Å². The molecule has 130 valence electrons. The van der Waals surface area contributed by atoms with E-state index >= 15 is 0 Å². The van der Waals surface area contributed by atoms with Crippen LogP contribution in [0.4, 0.5) is 0 Å². The molecule has 0 radical (unpaired) electrons. The van der Waals surface area contributed by atoms with Gasteiger partial charge in [-0.2, -0.15) is 0 Å². The molecule has 0 amide bonds. The van der Waals surface area contributed by atoms with Gasteiger partial charge in [-0.25, -0.2) is 4.79 Å². The molecule has 0 spiro atoms. The molecule has 1 saturated heterocycles. The van der Waals surface area contributed by atoms with Gasteiger partial charge in [-0.15, -0.1) is 0 Å². The van der Waals surface area contributed by atoms with Crippen LogP contribution in [0.25, 0.3) is 5.57 Å². The number of hydrogen-bond donors (Lipinski definition) is 0. The largest absolute Gasteiger partial charge is 0.465 e. The van der Waals surface area contributed by atoms with Gasteiger partial charge in [-0.05, 0) is 61.7 Å². The summed E-state index contributed by atoms with van der Waals surface area (Å²) in [5.41, 5.74) is 5.21. The number of methoxy groups -OCH3 is 1. The summed E-state index contributed by atoms with van der Waals surface area (Å²) in [6.45, 7) is 5.36. The van der Waals surface area contributed by atoms with Crippen LogP contribution in [0.1, 0.15) is 39.9 Å². The van der Waals surface area contributed by atoms with Gasteiger partial charge in [0.05, 0.1) is 12.7 Å². The van der Waals surface area contributed by atoms with Gasteiger partial charge in [0.2, 0.25) is 0 Å². The molecule has 25 heavy (non-hydrogen) atoms. The molecule has 0 atom stereocenters. The van der Waals surface area contributed by atoms with Crippen molar-refractivity contribution in [3.8, 4) is 0 Å². The maximum atomic E-state index is 11.9. The Labute approximate surface area is 149 Å². The standard InChI is InChI=1S/C22H25NO2/c1-17-8-10-18(11-9-17)21(12-15-23-13-3-4-14-23)19-6-5-7-20(16-19)22(24)25-2/h5-12,16H,3-4,13-15H2,1-2H3. The fraction of sp³-hybridized carbons (Fsp3) is 0.318. The summed E-state index contributed by atoms with van der Waals surface area (Å²) in [6, 6.07) is 16.2. The van der Waals surface area contributed by atoms with Crippen molar-refractivity contribution in [3.05, 3.63) is 76.9 Å². The van der Waals surface area contributed by atoms with Crippen LogP contribution in [-0.4, -0.2) is 37.6 Å². The van der Waals surface area contributed by atoms with Gasteiger partial charge in [0.25, 0.3) is 0 Å². The second-order valence-corrected chi connectivity index (χ2v) is 6.56. The molecule has 0 N–H and O–H groups in total. The molecule has 3 nitrogen and oxygen atoms in total. The Morgan fingerprint density at radius 1 is 1.04 bits per heavy atom. The quantitative estimate of drug-likeness (QED) is 0.763. The van der Waals surface area contributed by atoms with E-state index in [1.807, 2.05) is 12.1 Å². The lowest BCUT2D eigenvalue weighted by Gasteiger charge is -2.15. The number of rotatable bonds is 5. The van der Waals surface area contributed by atoms with Crippen molar-refractivity contribution in [1.29, 1.82) is 0 Å². The fourth-order valence-electron chi connectivity index (χ4n) is 3.25. The average molecular weight is 335 g/mol. The predicted octanol–water partition coefficient (Wildman–Crippen LogP) is 4.31. The first-order valence-corrected chi connectivity index (χ1v) is 8.85. The number of hydrogen-bond acceptors (Lipinski definition) is 3. The maximum Gasteiger partial charge on any atom is 0.337 e. The predicted molar refractivity (Wildman–Crippen MR) is 102 cm³/mol. The van der Waals surface area contributed by atoms with Crippen LogP contribution in [0.2, 0.25) is 0 Å². The maximum absolute atomic E-state index is 11.9. The first kappa shape index (κ1) is 17.4. The summed E-state index contributed by atoms with van der Waals surface area (Å²) >= 11 is 0. The highest BCUT2D eigenvalue weighted by Crippen LogP contribution is 2.25. The third-order valence-electron chi connectivity index (χ3n) is 4.71. The van der Waals surface area contributed by atoms with Crippen molar-refractivity contribution >= 4 is 11.5 Å². The van der Waals surface area contributed by atoms with E-state index in [1.54, 1.807) is 6.07 Å². The van der Waals surface area contributed by atoms with Crippen molar-refractivity contribution in [2.75, 3.05) is 26.7 Å². The van der Waals surface area contributed by atoms with E-state index in [2.05, 4.69) is 48.2 Å². The van der Waals surface area contributed by atoms with Crippen LogP contribution < -0.4 is 0 Å². The number of carbonyl (C=O) groups excluding carboxylic acids is 1. The van der Waals surface area contributed by atoms with Crippen molar-refractivity contribution < 1.29 is 9.53 Å². The third-order valence-corrected chi connectivity index (χ3v) is 4.71. The number of aryl methyl sites for hydroxylation is 1. The van der Waals surface area contributed by atoms with E-state index < -0.39 is 0 Å². The van der Waals surface area contributed by atoms with Crippen LogP contribution >= 0.6 is 0 Å². The molecule has 2 aromatic carbocycles. The molecule has 1 heterocycles. The Kier molecular flexibility index (Phi) is 5.67. The molecule has 1 aliphatic heterocycles. The summed E-state index contributed by atoms with van der Waals surface area (Å²) in [7, 11) is 1.42. The summed E-state index contributed by atoms with van der Waals surface area (Å²) < 4.78 is 4.87. The normalized spacial score (nSPS) is 15.4. The average Bonchev–Trinajstić information content (AvgIpc) is 3.16. The molecule has 0 aromatic heterocycles. The second-order valence-electron chi connectivity index (χ2n) is 6.56. The molecule has 0 aliphatic carbocycles. The number of carbonyl (C=O) groups is 1. The zero-order chi connectivity index (χ0) is 17.6. The zero-order valence-electron chi connectivity index (χ0n) is 15.0. The molecular formula is C22H25NO2. The minimum absolute atomic E-state index is 0.301. The number of likely N-dealkylation sites (tertiary alicyclic amines) is 1. The molecule has 3 heteroatoms. The van der Waals surface area contributed by atoms with Crippen molar-refractivity contribution in [1.82, 2.24) is 4.90 Å². The Morgan fingerprint density at radius 3 is 2.40 bits per heavy atom. The van der Waals surface area contributed by atoms with E-state index in [0.717, 1.165) is 17.7 Å². The van der Waals surface area contributed by atoms with Gasteiger partial charge in [0.1, 0.15) is 0 Å². The van der Waals surface area contributed by atoms with Gasteiger partial charge in [-0.1, -0.05) is 48.0 Å². The molecule has 1 fully saturated rings. The van der Waals surface area contributed by atoms with Crippen LogP contribution in [-0.2, 0) is 4.74 Å². The summed E-state index contributed by atoms with van der Waals surface area (Å²) in [6.07, 6.45) is 4.85. The topological polar surface area (TPSA) is 29.5 Å². The van der Waals surface area contributed by atoms with E-state index in [1.165, 1.54) is 44.2 Å². The molecule has 0 saturated carbocycles. The Morgan fingerprint density at radius 2 is 1.72 bits per heavy atom. The monoisotopic (exact) mass is 335 g/mol. The lowest BCUT2D eigenvalue weighted by Crippen LogP contribution is -2.19. The van der Waals surface area contributed by atoms with Gasteiger partial charge in [-0.3, -0.25) is 4.90 Å². The number of esters is 1. The second kappa shape index (κ2) is 8.13. The number of benzene rings is 2. The van der Waals surface area contributed by atoms with Crippen LogP contribution in [0, 0.1) is 6.92 Å². The minimum Gasteiger partial charge on any atom is -0.465 e. The van der Waals surface area contributed by atoms with Crippen LogP contribution in [0.15, 0.2) is 54.6 Å². The third kappa shape index (κ3) is 4.37. The van der Waals surface area contributed by atoms with Gasteiger partial charge < -0.3 is 4.74 Å². The highest BCUT2D eigenvalue weighted by atomic mass is 16.5. The van der Waals surface area contributed by atoms with E-state index in [0.29, 0.717) is 5.56 Å². The molecule has 1 aliphatic rings. The lowest BCUT2D eigenvalue weighted by molar-refractivity contribution is 0.0600. The Hall–Kier alpha value is -2.39. The van der Waals surface area contributed by atoms with Crippen molar-refractivity contribution in [3.63, 3.8) is 0 Å². The Balaban J connectivity index is 1.96. The smallest absolute Gasteiger partial charge is 0.337 e. The molecule has 0 bridgehead atoms. The zero-order valence-corrected chi connectivity index (χ0v) is 15.0. The summed E-state index contributed by atoms with van der Waals surface area (Å²) in [5, 5.41) is 0. The minimum atomic E-state index is -0.301. The first-order valence-electron chi connectivity index (χ1n) is 8.85. The molecule has 3 rings (SSSR count). The van der Waals surface area contributed by atoms with E-state index in [9.17, 15) is 4.79 Å². The molecule has 0 unspecified atom stereocenters. The highest BCUT2D eigenvalue weighted by Gasteiger charge is 2.13. The lowest BCUT2D eigenvalue weighted by atomic mass is 9.95. The highest BCUT2D eigenvalue weighted by molar-refractivity contribution is 5.91. The Bertz CT molecular complexity index is 756. The number of ether oxygens (including phenoxy) is 1. The molecule has 2 aromatic rings.